The maximum Gasteiger partial charge on any atom is 0.239 e. The van der Waals surface area contributed by atoms with E-state index < -0.39 is 0 Å². The summed E-state index contributed by atoms with van der Waals surface area (Å²) in [5, 5.41) is 3.52. The summed E-state index contributed by atoms with van der Waals surface area (Å²) in [6.07, 6.45) is 1.08. The van der Waals surface area contributed by atoms with Gasteiger partial charge in [0.15, 0.2) is 0 Å². The molecule has 1 N–H and O–H groups in total. The fourth-order valence-electron chi connectivity index (χ4n) is 2.70. The van der Waals surface area contributed by atoms with Crippen molar-refractivity contribution in [1.29, 1.82) is 0 Å². The molecule has 0 bridgehead atoms. The Hall–Kier alpha value is -1.00. The van der Waals surface area contributed by atoms with Crippen LogP contribution in [0.15, 0.2) is 29.2 Å². The average molecular weight is 292 g/mol. The van der Waals surface area contributed by atoms with Crippen molar-refractivity contribution in [2.45, 2.75) is 44.2 Å². The summed E-state index contributed by atoms with van der Waals surface area (Å²) in [5.74, 6) is 1.31. The maximum absolute atomic E-state index is 12.3. The van der Waals surface area contributed by atoms with Gasteiger partial charge in [-0.1, -0.05) is 18.2 Å². The highest BCUT2D eigenvalue weighted by Gasteiger charge is 2.25. The maximum atomic E-state index is 12.3. The number of hydrogen-bond donors (Lipinski definition) is 1. The summed E-state index contributed by atoms with van der Waals surface area (Å²) >= 11 is 1.91. The predicted molar refractivity (Wildman–Crippen MR) is 85.0 cm³/mol. The summed E-state index contributed by atoms with van der Waals surface area (Å²) in [4.78, 5) is 15.6. The second-order valence-electron chi connectivity index (χ2n) is 5.13. The molecule has 1 aliphatic rings. The van der Waals surface area contributed by atoms with Gasteiger partial charge in [0.05, 0.1) is 6.04 Å². The molecule has 0 spiro atoms. The Balaban J connectivity index is 2.06. The van der Waals surface area contributed by atoms with Crippen LogP contribution in [0.1, 0.15) is 38.8 Å². The lowest BCUT2D eigenvalue weighted by Gasteiger charge is -2.30. The molecule has 4 heteroatoms. The van der Waals surface area contributed by atoms with E-state index in [-0.39, 0.29) is 11.9 Å². The molecule has 110 valence electrons. The molecule has 1 aliphatic heterocycles. The van der Waals surface area contributed by atoms with Crippen LogP contribution in [-0.2, 0) is 4.79 Å². The lowest BCUT2D eigenvalue weighted by molar-refractivity contribution is -0.132. The quantitative estimate of drug-likeness (QED) is 0.905. The molecule has 0 radical (unpaired) electrons. The molecule has 0 fully saturated rings. The van der Waals surface area contributed by atoms with Crippen LogP contribution >= 0.6 is 11.8 Å². The number of nitrogens with one attached hydrogen (secondary N) is 1. The summed E-state index contributed by atoms with van der Waals surface area (Å²) in [6.45, 7) is 7.59. The molecule has 2 atom stereocenters. The molecular formula is C16H24N2OS. The number of likely N-dealkylation sites (N-methyl/N-ethyl adjacent to an activating group) is 1. The fourth-order valence-corrected chi connectivity index (χ4v) is 3.82. The molecular weight excluding hydrogens is 268 g/mol. The van der Waals surface area contributed by atoms with Crippen molar-refractivity contribution in [3.63, 3.8) is 0 Å². The van der Waals surface area contributed by atoms with Crippen LogP contribution in [0.25, 0.3) is 0 Å². The van der Waals surface area contributed by atoms with E-state index in [1.807, 2.05) is 37.4 Å². The van der Waals surface area contributed by atoms with Crippen LogP contribution in [0, 0.1) is 0 Å². The molecule has 0 aliphatic carbocycles. The zero-order chi connectivity index (χ0) is 14.5. The van der Waals surface area contributed by atoms with E-state index in [0.717, 1.165) is 25.3 Å². The smallest absolute Gasteiger partial charge is 0.239 e. The number of benzene rings is 1. The predicted octanol–water partition coefficient (Wildman–Crippen LogP) is 3.07. The van der Waals surface area contributed by atoms with Crippen LogP contribution in [0.5, 0.6) is 0 Å². The molecule has 0 aromatic heterocycles. The largest absolute Gasteiger partial charge is 0.342 e. The minimum atomic E-state index is -0.129. The van der Waals surface area contributed by atoms with Crippen molar-refractivity contribution in [3.8, 4) is 0 Å². The van der Waals surface area contributed by atoms with E-state index in [2.05, 4.69) is 29.6 Å². The van der Waals surface area contributed by atoms with E-state index in [9.17, 15) is 4.79 Å². The average Bonchev–Trinajstić information content (AvgIpc) is 2.48. The molecule has 1 aromatic rings. The number of hydrogen-bond acceptors (Lipinski definition) is 3. The van der Waals surface area contributed by atoms with Crippen LogP contribution in [0.2, 0.25) is 0 Å². The minimum absolute atomic E-state index is 0.129. The van der Waals surface area contributed by atoms with Gasteiger partial charge in [0.25, 0.3) is 0 Å². The molecule has 0 saturated carbocycles. The van der Waals surface area contributed by atoms with Crippen molar-refractivity contribution in [2.24, 2.45) is 0 Å². The first kappa shape index (κ1) is 15.4. The van der Waals surface area contributed by atoms with Gasteiger partial charge in [-0.25, -0.2) is 0 Å². The number of thioether (sulfide) groups is 1. The molecule has 3 nitrogen and oxygen atoms in total. The van der Waals surface area contributed by atoms with Crippen molar-refractivity contribution >= 4 is 17.7 Å². The monoisotopic (exact) mass is 292 g/mol. The Morgan fingerprint density at radius 3 is 2.80 bits per heavy atom. The highest BCUT2D eigenvalue weighted by molar-refractivity contribution is 7.99. The van der Waals surface area contributed by atoms with Gasteiger partial charge in [-0.15, -0.1) is 11.8 Å². The topological polar surface area (TPSA) is 32.3 Å². The number of rotatable bonds is 5. The third-order valence-electron chi connectivity index (χ3n) is 3.86. The third kappa shape index (κ3) is 3.36. The molecule has 2 rings (SSSR count). The number of nitrogens with zero attached hydrogens (tertiary/aromatic N) is 1. The Labute approximate surface area is 126 Å². The van der Waals surface area contributed by atoms with Gasteiger partial charge in [0, 0.05) is 24.0 Å². The van der Waals surface area contributed by atoms with E-state index in [1.165, 1.54) is 10.5 Å². The molecule has 1 heterocycles. The van der Waals surface area contributed by atoms with E-state index in [1.54, 1.807) is 0 Å². The second-order valence-corrected chi connectivity index (χ2v) is 6.26. The number of carbonyl (C=O) groups excluding carboxylic acids is 1. The highest BCUT2D eigenvalue weighted by Crippen LogP contribution is 2.36. The third-order valence-corrected chi connectivity index (χ3v) is 4.98. The van der Waals surface area contributed by atoms with Crippen LogP contribution < -0.4 is 5.32 Å². The van der Waals surface area contributed by atoms with Gasteiger partial charge in [-0.3, -0.25) is 10.1 Å². The lowest BCUT2D eigenvalue weighted by atomic mass is 10.0. The van der Waals surface area contributed by atoms with Gasteiger partial charge in [-0.2, -0.15) is 0 Å². The molecule has 2 unspecified atom stereocenters. The normalized spacial score (nSPS) is 19.2. The fraction of sp³-hybridized carbons (Fsp3) is 0.562. The van der Waals surface area contributed by atoms with Crippen molar-refractivity contribution in [2.75, 3.05) is 18.8 Å². The Morgan fingerprint density at radius 1 is 1.40 bits per heavy atom. The standard InChI is InChI=1S/C16H24N2OS/c1-4-18(5-2)16(19)12(3)17-14-10-11-20-15-9-7-6-8-13(14)15/h6-9,12,14,17H,4-5,10-11H2,1-3H3. The first-order chi connectivity index (χ1) is 9.67. The lowest BCUT2D eigenvalue weighted by Crippen LogP contribution is -2.46. The van der Waals surface area contributed by atoms with E-state index >= 15 is 0 Å². The SMILES string of the molecule is CCN(CC)C(=O)C(C)NC1CCSc2ccccc21. The van der Waals surface area contributed by atoms with Gasteiger partial charge >= 0.3 is 0 Å². The van der Waals surface area contributed by atoms with Crippen LogP contribution in [0.4, 0.5) is 0 Å². The first-order valence-electron chi connectivity index (χ1n) is 7.43. The summed E-state index contributed by atoms with van der Waals surface area (Å²) in [7, 11) is 0. The van der Waals surface area contributed by atoms with E-state index in [4.69, 9.17) is 0 Å². The van der Waals surface area contributed by atoms with Gasteiger partial charge in [0.2, 0.25) is 5.91 Å². The molecule has 20 heavy (non-hydrogen) atoms. The van der Waals surface area contributed by atoms with Crippen molar-refractivity contribution in [1.82, 2.24) is 10.2 Å². The Kier molecular flexibility index (Phi) is 5.49. The molecule has 1 aromatic carbocycles. The van der Waals surface area contributed by atoms with Gasteiger partial charge < -0.3 is 4.90 Å². The van der Waals surface area contributed by atoms with Gasteiger partial charge in [0.1, 0.15) is 0 Å². The van der Waals surface area contributed by atoms with Crippen molar-refractivity contribution in [3.05, 3.63) is 29.8 Å². The Morgan fingerprint density at radius 2 is 2.10 bits per heavy atom. The zero-order valence-corrected chi connectivity index (χ0v) is 13.4. The minimum Gasteiger partial charge on any atom is -0.342 e. The summed E-state index contributed by atoms with van der Waals surface area (Å²) in [5.41, 5.74) is 1.34. The Bertz CT molecular complexity index is 460. The van der Waals surface area contributed by atoms with E-state index in [0.29, 0.717) is 6.04 Å². The zero-order valence-electron chi connectivity index (χ0n) is 12.6. The molecule has 1 amide bonds. The number of carbonyl (C=O) groups is 1. The van der Waals surface area contributed by atoms with Crippen LogP contribution in [0.3, 0.4) is 0 Å². The first-order valence-corrected chi connectivity index (χ1v) is 8.42. The number of amides is 1. The van der Waals surface area contributed by atoms with Crippen LogP contribution in [-0.4, -0.2) is 35.7 Å². The summed E-state index contributed by atoms with van der Waals surface area (Å²) < 4.78 is 0. The highest BCUT2D eigenvalue weighted by atomic mass is 32.2. The number of fused-ring (bicyclic) bond motifs is 1. The molecule has 0 saturated heterocycles. The summed E-state index contributed by atoms with van der Waals surface area (Å²) in [6, 6.07) is 8.67. The van der Waals surface area contributed by atoms with Gasteiger partial charge in [-0.05, 0) is 44.6 Å². The second kappa shape index (κ2) is 7.14. The van der Waals surface area contributed by atoms with Crippen molar-refractivity contribution < 1.29 is 4.79 Å².